The Morgan fingerprint density at radius 3 is 3.08 bits per heavy atom. The predicted molar refractivity (Wildman–Crippen MR) is 37.3 cm³/mol. The molecule has 0 aromatic rings. The van der Waals surface area contributed by atoms with Crippen molar-refractivity contribution in [2.24, 2.45) is 16.0 Å². The molecule has 13 heavy (non-hydrogen) atoms. The van der Waals surface area contributed by atoms with Crippen LogP contribution in [0.3, 0.4) is 0 Å². The zero-order valence-corrected chi connectivity index (χ0v) is 6.06. The number of rotatable bonds is 1. The van der Waals surface area contributed by atoms with Gasteiger partial charge in [0.1, 0.15) is 0 Å². The van der Waals surface area contributed by atoms with Crippen LogP contribution in [0.4, 0.5) is 4.79 Å². The molecule has 10 nitrogen and oxygen atoms in total. The molecule has 0 aliphatic carbocycles. The first-order valence-electron chi connectivity index (χ1n) is 2.92. The van der Waals surface area contributed by atoms with Crippen LogP contribution in [-0.4, -0.2) is 28.0 Å². The molecular weight excluding hydrogens is 184 g/mol. The first-order chi connectivity index (χ1) is 6.02. The summed E-state index contributed by atoms with van der Waals surface area (Å²) in [6.07, 6.45) is -3.62. The number of carboxylic acid groups (broad SMARTS) is 1. The van der Waals surface area contributed by atoms with E-state index in [0.29, 0.717) is 0 Å². The van der Waals surface area contributed by atoms with Gasteiger partial charge in [0.2, 0.25) is 5.84 Å². The van der Waals surface area contributed by atoms with Crippen molar-refractivity contribution < 1.29 is 19.6 Å². The zero-order chi connectivity index (χ0) is 10.1. The first-order valence-corrected chi connectivity index (χ1v) is 2.92. The van der Waals surface area contributed by atoms with Gasteiger partial charge in [-0.1, -0.05) is 0 Å². The molecule has 0 saturated heterocycles. The molecule has 10 heteroatoms. The van der Waals surface area contributed by atoms with Gasteiger partial charge >= 0.3 is 6.09 Å². The molecule has 3 N–H and O–H groups in total. The lowest BCUT2D eigenvalue weighted by atomic mass is 10.4. The summed E-state index contributed by atoms with van der Waals surface area (Å²) in [4.78, 5) is 14.3. The molecule has 2 unspecified atom stereocenters. The SMILES string of the molecule is [N-]=[N+]=NC1C(N)=NO[N+]1([O-])C(=O)O. The minimum atomic E-state index is -2.27. The standard InChI is InChI=1S/C3H4N6O4/c4-1-2(6-8-5)9(12,3(10)11)13-7-1/h2H,(H2,4,7)(H,10,11). The molecule has 0 bridgehead atoms. The molecule has 70 valence electrons. The van der Waals surface area contributed by atoms with E-state index in [9.17, 15) is 10.0 Å². The maximum atomic E-state index is 11.2. The Morgan fingerprint density at radius 1 is 2.00 bits per heavy atom. The third-order valence-electron chi connectivity index (χ3n) is 1.28. The molecule has 0 saturated carbocycles. The molecule has 1 amide bonds. The Labute approximate surface area is 70.5 Å². The molecule has 1 rings (SSSR count). The van der Waals surface area contributed by atoms with E-state index < -0.39 is 22.9 Å². The third kappa shape index (κ3) is 1.20. The molecular formula is C3H4N6O4. The summed E-state index contributed by atoms with van der Waals surface area (Å²) in [6.45, 7) is 0. The van der Waals surface area contributed by atoms with Crippen molar-refractivity contribution in [3.63, 3.8) is 0 Å². The fraction of sp³-hybridized carbons (Fsp3) is 0.333. The third-order valence-corrected chi connectivity index (χ3v) is 1.28. The predicted octanol–water partition coefficient (Wildman–Crippen LogP) is -0.167. The van der Waals surface area contributed by atoms with Crippen LogP contribution in [0.2, 0.25) is 0 Å². The highest BCUT2D eigenvalue weighted by Gasteiger charge is 2.48. The summed E-state index contributed by atoms with van der Waals surface area (Å²) in [7, 11) is 0. The highest BCUT2D eigenvalue weighted by Crippen LogP contribution is 2.21. The molecule has 0 aromatic heterocycles. The van der Waals surface area contributed by atoms with Crippen LogP contribution in [0.1, 0.15) is 0 Å². The van der Waals surface area contributed by atoms with Gasteiger partial charge in [0.05, 0.1) is 0 Å². The summed E-state index contributed by atoms with van der Waals surface area (Å²) >= 11 is 0. The maximum Gasteiger partial charge on any atom is 0.560 e. The monoisotopic (exact) mass is 188 g/mol. The van der Waals surface area contributed by atoms with Crippen molar-refractivity contribution in [1.82, 2.24) is 0 Å². The average Bonchev–Trinajstić information content (AvgIpc) is 2.34. The second kappa shape index (κ2) is 2.79. The molecule has 1 heterocycles. The smallest absolute Gasteiger partial charge is 0.560 e. The number of quaternary nitrogens is 1. The van der Waals surface area contributed by atoms with Crippen LogP contribution in [0.15, 0.2) is 10.3 Å². The number of nitrogens with zero attached hydrogens (tertiary/aromatic N) is 5. The van der Waals surface area contributed by atoms with Gasteiger partial charge in [-0.15, -0.1) is 0 Å². The number of amidine groups is 1. The summed E-state index contributed by atoms with van der Waals surface area (Å²) in [5, 5.41) is 25.4. The zero-order valence-electron chi connectivity index (χ0n) is 6.06. The van der Waals surface area contributed by atoms with Crippen LogP contribution >= 0.6 is 0 Å². The Balaban J connectivity index is 3.05. The first kappa shape index (κ1) is 9.06. The van der Waals surface area contributed by atoms with Crippen LogP contribution in [0.5, 0.6) is 0 Å². The van der Waals surface area contributed by atoms with Gasteiger partial charge in [-0.05, 0) is 20.6 Å². The van der Waals surface area contributed by atoms with Crippen molar-refractivity contribution in [3.05, 3.63) is 15.7 Å². The Kier molecular flexibility index (Phi) is 1.94. The van der Waals surface area contributed by atoms with Gasteiger partial charge in [0.25, 0.3) is 6.17 Å². The van der Waals surface area contributed by atoms with E-state index in [1.54, 1.807) is 0 Å². The molecule has 1 aliphatic heterocycles. The quantitative estimate of drug-likeness (QED) is 0.192. The lowest BCUT2D eigenvalue weighted by Gasteiger charge is -2.27. The summed E-state index contributed by atoms with van der Waals surface area (Å²) in [5.74, 6) is -0.477. The molecule has 2 atom stereocenters. The average molecular weight is 188 g/mol. The van der Waals surface area contributed by atoms with Gasteiger partial charge in [-0.3, -0.25) is 0 Å². The number of hydrogen-bond acceptors (Lipinski definition) is 6. The van der Waals surface area contributed by atoms with Crippen LogP contribution in [0.25, 0.3) is 10.4 Å². The molecule has 0 fully saturated rings. The van der Waals surface area contributed by atoms with Gasteiger partial charge < -0.3 is 16.0 Å². The minimum Gasteiger partial charge on any atom is -0.576 e. The van der Waals surface area contributed by atoms with E-state index in [4.69, 9.17) is 16.4 Å². The van der Waals surface area contributed by atoms with E-state index in [-0.39, 0.29) is 0 Å². The molecule has 0 spiro atoms. The summed E-state index contributed by atoms with van der Waals surface area (Å²) < 4.78 is 0. The van der Waals surface area contributed by atoms with Crippen LogP contribution < -0.4 is 5.73 Å². The largest absolute Gasteiger partial charge is 0.576 e. The Bertz CT molecular complexity index is 320. The topological polar surface area (TPSA) is 157 Å². The maximum absolute atomic E-state index is 11.2. The summed E-state index contributed by atoms with van der Waals surface area (Å²) in [6, 6.07) is 0. The van der Waals surface area contributed by atoms with Gasteiger partial charge in [0, 0.05) is 4.91 Å². The van der Waals surface area contributed by atoms with Crippen LogP contribution in [0, 0.1) is 5.21 Å². The number of amides is 1. The number of hydroxylamine groups is 4. The second-order valence-electron chi connectivity index (χ2n) is 2.06. The number of oxime groups is 1. The van der Waals surface area contributed by atoms with Crippen molar-refractivity contribution in [3.8, 4) is 0 Å². The van der Waals surface area contributed by atoms with Crippen molar-refractivity contribution >= 4 is 11.9 Å². The fourth-order valence-electron chi connectivity index (χ4n) is 0.689. The lowest BCUT2D eigenvalue weighted by Crippen LogP contribution is -2.52. The second-order valence-corrected chi connectivity index (χ2v) is 2.06. The fourth-order valence-corrected chi connectivity index (χ4v) is 0.689. The van der Waals surface area contributed by atoms with Crippen molar-refractivity contribution in [1.29, 1.82) is 0 Å². The molecule has 0 radical (unpaired) electrons. The molecule has 1 aliphatic rings. The van der Waals surface area contributed by atoms with E-state index in [0.717, 1.165) is 0 Å². The van der Waals surface area contributed by atoms with E-state index in [1.165, 1.54) is 0 Å². The van der Waals surface area contributed by atoms with E-state index in [2.05, 4.69) is 20.1 Å². The Morgan fingerprint density at radius 2 is 2.62 bits per heavy atom. The van der Waals surface area contributed by atoms with E-state index >= 15 is 0 Å². The highest BCUT2D eigenvalue weighted by atomic mass is 17.0. The number of carbonyl (C=O) groups is 1. The van der Waals surface area contributed by atoms with Crippen LogP contribution in [-0.2, 0) is 4.94 Å². The molecule has 0 aromatic carbocycles. The lowest BCUT2D eigenvalue weighted by molar-refractivity contribution is -1.01. The van der Waals surface area contributed by atoms with Gasteiger partial charge in [-0.25, -0.2) is 0 Å². The Hall–Kier alpha value is -2.03. The number of hydrogen-bond donors (Lipinski definition) is 2. The van der Waals surface area contributed by atoms with Gasteiger partial charge in [-0.2, -0.15) is 9.73 Å². The van der Waals surface area contributed by atoms with Crippen molar-refractivity contribution in [2.75, 3.05) is 0 Å². The highest BCUT2D eigenvalue weighted by molar-refractivity contribution is 5.86. The normalized spacial score (nSPS) is 31.5. The van der Waals surface area contributed by atoms with E-state index in [1.807, 2.05) is 0 Å². The van der Waals surface area contributed by atoms with Gasteiger partial charge in [0.15, 0.2) is 0 Å². The number of nitrogens with two attached hydrogens (primary N) is 1. The van der Waals surface area contributed by atoms with Crippen molar-refractivity contribution in [2.45, 2.75) is 6.17 Å². The minimum absolute atomic E-state index is 0.477. The number of azide groups is 1. The summed E-state index contributed by atoms with van der Waals surface area (Å²) in [5.41, 5.74) is 13.1.